The van der Waals surface area contributed by atoms with Crippen LogP contribution in [0.5, 0.6) is 5.75 Å². The van der Waals surface area contributed by atoms with E-state index in [0.29, 0.717) is 30.0 Å². The third kappa shape index (κ3) is 3.23. The van der Waals surface area contributed by atoms with Crippen molar-refractivity contribution in [2.45, 2.75) is 6.42 Å². The molecule has 0 radical (unpaired) electrons. The number of carbonyl (C=O) groups is 1. The van der Waals surface area contributed by atoms with Gasteiger partial charge in [0.05, 0.1) is 18.3 Å². The number of methoxy groups -OCH3 is 1. The normalized spacial score (nSPS) is 10.2. The van der Waals surface area contributed by atoms with Crippen LogP contribution in [0.15, 0.2) is 29.1 Å². The Hall–Kier alpha value is -2.08. The molecule has 1 heterocycles. The second-order valence-electron chi connectivity index (χ2n) is 3.91. The van der Waals surface area contributed by atoms with Crippen LogP contribution < -0.4 is 15.8 Å². The number of rotatable bonds is 5. The zero-order valence-electron chi connectivity index (χ0n) is 10.6. The van der Waals surface area contributed by atoms with Crippen LogP contribution in [-0.2, 0) is 6.42 Å². The topological polar surface area (TPSA) is 77.2 Å². The molecule has 0 aliphatic heterocycles. The molecule has 0 fully saturated rings. The standard InChI is InChI=1S/C13H15N3O2S/c1-18-11-4-2-3-10(14)12(11)13(17)15-6-5-9-7-19-8-16-9/h2-4,7-8H,5-6,14H2,1H3,(H,15,17). The number of nitrogens with zero attached hydrogens (tertiary/aromatic N) is 1. The molecular weight excluding hydrogens is 262 g/mol. The van der Waals surface area contributed by atoms with E-state index in [2.05, 4.69) is 10.3 Å². The highest BCUT2D eigenvalue weighted by Gasteiger charge is 2.15. The van der Waals surface area contributed by atoms with Crippen molar-refractivity contribution >= 4 is 22.9 Å². The lowest BCUT2D eigenvalue weighted by Crippen LogP contribution is -2.27. The van der Waals surface area contributed by atoms with Crippen molar-refractivity contribution in [2.24, 2.45) is 0 Å². The van der Waals surface area contributed by atoms with Crippen molar-refractivity contribution in [1.29, 1.82) is 0 Å². The van der Waals surface area contributed by atoms with Gasteiger partial charge in [0.25, 0.3) is 5.91 Å². The molecule has 0 atom stereocenters. The number of nitrogen functional groups attached to an aromatic ring is 1. The molecule has 1 aromatic heterocycles. The van der Waals surface area contributed by atoms with E-state index in [1.807, 2.05) is 5.38 Å². The Balaban J connectivity index is 2.00. The van der Waals surface area contributed by atoms with Crippen molar-refractivity contribution in [2.75, 3.05) is 19.4 Å². The predicted octanol–water partition coefficient (Wildman–Crippen LogP) is 1.71. The molecule has 2 rings (SSSR count). The molecule has 1 amide bonds. The molecule has 0 spiro atoms. The second kappa shape index (κ2) is 6.19. The van der Waals surface area contributed by atoms with Crippen molar-refractivity contribution in [3.63, 3.8) is 0 Å². The molecule has 1 aromatic carbocycles. The van der Waals surface area contributed by atoms with E-state index in [-0.39, 0.29) is 5.91 Å². The Morgan fingerprint density at radius 3 is 3.05 bits per heavy atom. The third-order valence-electron chi connectivity index (χ3n) is 2.66. The van der Waals surface area contributed by atoms with Crippen molar-refractivity contribution in [3.8, 4) is 5.75 Å². The van der Waals surface area contributed by atoms with Crippen LogP contribution in [0.4, 0.5) is 5.69 Å². The maximum absolute atomic E-state index is 12.1. The van der Waals surface area contributed by atoms with Crippen LogP contribution >= 0.6 is 11.3 Å². The molecule has 6 heteroatoms. The number of hydrogen-bond donors (Lipinski definition) is 2. The Kier molecular flexibility index (Phi) is 4.35. The van der Waals surface area contributed by atoms with Gasteiger partial charge >= 0.3 is 0 Å². The van der Waals surface area contributed by atoms with Crippen molar-refractivity contribution < 1.29 is 9.53 Å². The summed E-state index contributed by atoms with van der Waals surface area (Å²) < 4.78 is 5.15. The van der Waals surface area contributed by atoms with Gasteiger partial charge in [-0.05, 0) is 12.1 Å². The summed E-state index contributed by atoms with van der Waals surface area (Å²) in [5, 5.41) is 4.78. The van der Waals surface area contributed by atoms with Gasteiger partial charge in [0, 0.05) is 24.0 Å². The van der Waals surface area contributed by atoms with Crippen molar-refractivity contribution in [3.05, 3.63) is 40.3 Å². The Bertz CT molecular complexity index is 555. The number of hydrogen-bond acceptors (Lipinski definition) is 5. The summed E-state index contributed by atoms with van der Waals surface area (Å²) in [5.41, 5.74) is 9.34. The molecular formula is C13H15N3O2S. The average Bonchev–Trinajstić information content (AvgIpc) is 2.91. The monoisotopic (exact) mass is 277 g/mol. The highest BCUT2D eigenvalue weighted by atomic mass is 32.1. The third-order valence-corrected chi connectivity index (χ3v) is 3.29. The lowest BCUT2D eigenvalue weighted by molar-refractivity contribution is 0.0952. The first-order valence-electron chi connectivity index (χ1n) is 5.80. The summed E-state index contributed by atoms with van der Waals surface area (Å²) in [6, 6.07) is 5.14. The number of carbonyl (C=O) groups excluding carboxylic acids is 1. The SMILES string of the molecule is COc1cccc(N)c1C(=O)NCCc1cscn1. The molecule has 19 heavy (non-hydrogen) atoms. The summed E-state index contributed by atoms with van der Waals surface area (Å²) in [5.74, 6) is 0.247. The molecule has 0 saturated carbocycles. The zero-order chi connectivity index (χ0) is 13.7. The fraction of sp³-hybridized carbons (Fsp3) is 0.231. The highest BCUT2D eigenvalue weighted by molar-refractivity contribution is 7.07. The van der Waals surface area contributed by atoms with Gasteiger partial charge in [-0.2, -0.15) is 0 Å². The highest BCUT2D eigenvalue weighted by Crippen LogP contribution is 2.23. The van der Waals surface area contributed by atoms with Crippen LogP contribution in [0.2, 0.25) is 0 Å². The number of benzene rings is 1. The quantitative estimate of drug-likeness (QED) is 0.816. The maximum Gasteiger partial charge on any atom is 0.257 e. The molecule has 3 N–H and O–H groups in total. The van der Waals surface area contributed by atoms with Crippen LogP contribution in [0.3, 0.4) is 0 Å². The molecule has 0 saturated heterocycles. The van der Waals surface area contributed by atoms with Gasteiger partial charge in [-0.1, -0.05) is 6.07 Å². The lowest BCUT2D eigenvalue weighted by atomic mass is 10.1. The average molecular weight is 277 g/mol. The van der Waals surface area contributed by atoms with E-state index in [4.69, 9.17) is 10.5 Å². The van der Waals surface area contributed by atoms with Crippen LogP contribution in [0.1, 0.15) is 16.1 Å². The smallest absolute Gasteiger partial charge is 0.257 e. The molecule has 0 bridgehead atoms. The first-order valence-corrected chi connectivity index (χ1v) is 6.74. The summed E-state index contributed by atoms with van der Waals surface area (Å²) >= 11 is 1.54. The van der Waals surface area contributed by atoms with E-state index in [0.717, 1.165) is 5.69 Å². The number of aromatic nitrogens is 1. The van der Waals surface area contributed by atoms with Gasteiger partial charge in [0.2, 0.25) is 0 Å². The van der Waals surface area contributed by atoms with E-state index in [9.17, 15) is 4.79 Å². The fourth-order valence-corrected chi connectivity index (χ4v) is 2.31. The molecule has 0 aliphatic rings. The van der Waals surface area contributed by atoms with E-state index in [1.165, 1.54) is 18.4 Å². The molecule has 100 valence electrons. The van der Waals surface area contributed by atoms with Gasteiger partial charge in [-0.25, -0.2) is 4.98 Å². The molecule has 5 nitrogen and oxygen atoms in total. The van der Waals surface area contributed by atoms with Gasteiger partial charge < -0.3 is 15.8 Å². The van der Waals surface area contributed by atoms with Gasteiger partial charge in [0.15, 0.2) is 0 Å². The maximum atomic E-state index is 12.1. The summed E-state index contributed by atoms with van der Waals surface area (Å²) in [6.07, 6.45) is 0.699. The summed E-state index contributed by atoms with van der Waals surface area (Å²) in [4.78, 5) is 16.2. The predicted molar refractivity (Wildman–Crippen MR) is 75.6 cm³/mol. The van der Waals surface area contributed by atoms with Crippen LogP contribution in [0.25, 0.3) is 0 Å². The molecule has 0 unspecified atom stereocenters. The number of nitrogens with two attached hydrogens (primary N) is 1. The second-order valence-corrected chi connectivity index (χ2v) is 4.63. The first kappa shape index (κ1) is 13.4. The fourth-order valence-electron chi connectivity index (χ4n) is 1.71. The summed E-state index contributed by atoms with van der Waals surface area (Å²) in [7, 11) is 1.51. The Morgan fingerprint density at radius 1 is 1.53 bits per heavy atom. The number of amides is 1. The van der Waals surface area contributed by atoms with E-state index < -0.39 is 0 Å². The Labute approximate surface area is 115 Å². The van der Waals surface area contributed by atoms with Gasteiger partial charge in [0.1, 0.15) is 11.3 Å². The van der Waals surface area contributed by atoms with Crippen molar-refractivity contribution in [1.82, 2.24) is 10.3 Å². The lowest BCUT2D eigenvalue weighted by Gasteiger charge is -2.11. The number of nitrogens with one attached hydrogen (secondary N) is 1. The first-order chi connectivity index (χ1) is 9.22. The minimum absolute atomic E-state index is 0.231. The zero-order valence-corrected chi connectivity index (χ0v) is 11.4. The number of anilines is 1. The van der Waals surface area contributed by atoms with Crippen LogP contribution in [-0.4, -0.2) is 24.5 Å². The minimum atomic E-state index is -0.231. The van der Waals surface area contributed by atoms with Gasteiger partial charge in [-0.3, -0.25) is 4.79 Å². The molecule has 2 aromatic rings. The van der Waals surface area contributed by atoms with E-state index >= 15 is 0 Å². The van der Waals surface area contributed by atoms with Crippen LogP contribution in [0, 0.1) is 0 Å². The summed E-state index contributed by atoms with van der Waals surface area (Å²) in [6.45, 7) is 0.514. The Morgan fingerprint density at radius 2 is 2.37 bits per heavy atom. The molecule has 0 aliphatic carbocycles. The minimum Gasteiger partial charge on any atom is -0.496 e. The van der Waals surface area contributed by atoms with E-state index in [1.54, 1.807) is 23.7 Å². The van der Waals surface area contributed by atoms with Gasteiger partial charge in [-0.15, -0.1) is 11.3 Å². The number of thiazole rings is 1. The number of ether oxygens (including phenoxy) is 1. The largest absolute Gasteiger partial charge is 0.496 e.